The van der Waals surface area contributed by atoms with E-state index in [9.17, 15) is 0 Å². The van der Waals surface area contributed by atoms with E-state index in [4.69, 9.17) is 0 Å². The van der Waals surface area contributed by atoms with Crippen LogP contribution in [-0.4, -0.2) is 0 Å². The van der Waals surface area contributed by atoms with Crippen molar-refractivity contribution in [3.63, 3.8) is 0 Å². The molecule has 3 atom stereocenters. The van der Waals surface area contributed by atoms with Crippen LogP contribution in [0.1, 0.15) is 106 Å². The summed E-state index contributed by atoms with van der Waals surface area (Å²) in [6.45, 7) is 14.3. The average Bonchev–Trinajstić information content (AvgIpc) is 2.38. The lowest BCUT2D eigenvalue weighted by molar-refractivity contribution is 0.376. The van der Waals surface area contributed by atoms with Crippen LogP contribution in [0.4, 0.5) is 0 Å². The van der Waals surface area contributed by atoms with Gasteiger partial charge in [0.15, 0.2) is 0 Å². The van der Waals surface area contributed by atoms with Crippen molar-refractivity contribution in [2.45, 2.75) is 106 Å². The predicted molar refractivity (Wildman–Crippen MR) is 94.2 cm³/mol. The van der Waals surface area contributed by atoms with E-state index < -0.39 is 0 Å². The Hall–Kier alpha value is 0. The molecule has 0 aliphatic heterocycles. The topological polar surface area (TPSA) is 0 Å². The lowest BCUT2D eigenvalue weighted by Crippen LogP contribution is -2.01. The molecule has 0 heteroatoms. The molecule has 0 heterocycles. The molecule has 0 nitrogen and oxygen atoms in total. The van der Waals surface area contributed by atoms with Gasteiger partial charge in [-0.05, 0) is 23.7 Å². The van der Waals surface area contributed by atoms with Gasteiger partial charge in [-0.1, -0.05) is 106 Å². The second kappa shape index (κ2) is 12.7. The second-order valence-corrected chi connectivity index (χ2v) is 7.91. The zero-order chi connectivity index (χ0) is 15.4. The number of rotatable bonds is 13. The Morgan fingerprint density at radius 1 is 0.500 bits per heavy atom. The Labute approximate surface area is 130 Å². The van der Waals surface area contributed by atoms with Crippen LogP contribution in [0.2, 0.25) is 0 Å². The average molecular weight is 283 g/mol. The van der Waals surface area contributed by atoms with Gasteiger partial charge in [0.1, 0.15) is 0 Å². The minimum Gasteiger partial charge on any atom is -0.0651 e. The van der Waals surface area contributed by atoms with Crippen molar-refractivity contribution in [1.29, 1.82) is 0 Å². The van der Waals surface area contributed by atoms with Gasteiger partial charge in [0.2, 0.25) is 0 Å². The van der Waals surface area contributed by atoms with E-state index in [1.807, 2.05) is 0 Å². The van der Waals surface area contributed by atoms with Crippen molar-refractivity contribution in [3.05, 3.63) is 0 Å². The lowest BCUT2D eigenvalue weighted by atomic mass is 9.91. The van der Waals surface area contributed by atoms with Gasteiger partial charge < -0.3 is 0 Å². The molecular weight excluding hydrogens is 240 g/mol. The van der Waals surface area contributed by atoms with Gasteiger partial charge in [-0.15, -0.1) is 0 Å². The van der Waals surface area contributed by atoms with E-state index in [0.717, 1.165) is 23.7 Å². The first kappa shape index (κ1) is 20.0. The summed E-state index contributed by atoms with van der Waals surface area (Å²) in [4.78, 5) is 0. The molecule has 0 bridgehead atoms. The van der Waals surface area contributed by atoms with Crippen molar-refractivity contribution in [3.8, 4) is 0 Å². The maximum absolute atomic E-state index is 2.46. The highest BCUT2D eigenvalue weighted by atomic mass is 14.1. The largest absolute Gasteiger partial charge is 0.0651 e. The molecule has 20 heavy (non-hydrogen) atoms. The molecule has 0 aromatic rings. The lowest BCUT2D eigenvalue weighted by Gasteiger charge is -2.15. The molecule has 0 aromatic carbocycles. The van der Waals surface area contributed by atoms with Gasteiger partial charge in [-0.25, -0.2) is 0 Å². The Morgan fingerprint density at radius 3 is 1.20 bits per heavy atom. The van der Waals surface area contributed by atoms with Crippen LogP contribution >= 0.6 is 0 Å². The van der Waals surface area contributed by atoms with Crippen molar-refractivity contribution < 1.29 is 0 Å². The molecule has 0 unspecified atom stereocenters. The minimum absolute atomic E-state index is 0.882. The van der Waals surface area contributed by atoms with Crippen LogP contribution in [0.25, 0.3) is 0 Å². The predicted octanol–water partition coefficient (Wildman–Crippen LogP) is 7.47. The molecule has 122 valence electrons. The quantitative estimate of drug-likeness (QED) is 0.328. The first-order valence-electron chi connectivity index (χ1n) is 9.45. The van der Waals surface area contributed by atoms with Crippen molar-refractivity contribution in [2.24, 2.45) is 23.7 Å². The van der Waals surface area contributed by atoms with Gasteiger partial charge in [-0.2, -0.15) is 0 Å². The molecule has 0 fully saturated rings. The molecule has 0 aliphatic carbocycles. The fourth-order valence-electron chi connectivity index (χ4n) is 3.00. The third kappa shape index (κ3) is 13.0. The summed E-state index contributed by atoms with van der Waals surface area (Å²) in [5.41, 5.74) is 0. The zero-order valence-electron chi connectivity index (χ0n) is 15.4. The molecular formula is C20H42. The normalized spacial score (nSPS) is 16.4. The molecule has 0 N–H and O–H groups in total. The molecule has 0 saturated carbocycles. The standard InChI is InChI=1S/C20H42/c1-7-18(4)12-9-14-20(6)16-10-15-19(5)13-8-11-17(2)3/h17-20H,7-16H2,1-6H3/t18-,19-,20-/m1/s1. The van der Waals surface area contributed by atoms with Crippen LogP contribution < -0.4 is 0 Å². The van der Waals surface area contributed by atoms with Crippen LogP contribution in [0.15, 0.2) is 0 Å². The summed E-state index contributed by atoms with van der Waals surface area (Å²) < 4.78 is 0. The molecule has 0 rings (SSSR count). The summed E-state index contributed by atoms with van der Waals surface area (Å²) in [6, 6.07) is 0. The fraction of sp³-hybridized carbons (Fsp3) is 1.00. The maximum Gasteiger partial charge on any atom is -0.0443 e. The highest BCUT2D eigenvalue weighted by Gasteiger charge is 2.07. The van der Waals surface area contributed by atoms with E-state index in [0.29, 0.717) is 0 Å². The van der Waals surface area contributed by atoms with Gasteiger partial charge in [-0.3, -0.25) is 0 Å². The van der Waals surface area contributed by atoms with E-state index >= 15 is 0 Å². The van der Waals surface area contributed by atoms with Crippen molar-refractivity contribution in [2.75, 3.05) is 0 Å². The van der Waals surface area contributed by atoms with E-state index in [2.05, 4.69) is 41.5 Å². The Balaban J connectivity index is 3.43. The van der Waals surface area contributed by atoms with E-state index in [1.165, 1.54) is 64.2 Å². The smallest absolute Gasteiger partial charge is 0.0443 e. The second-order valence-electron chi connectivity index (χ2n) is 7.91. The summed E-state index contributed by atoms with van der Waals surface area (Å²) in [6.07, 6.45) is 14.3. The van der Waals surface area contributed by atoms with Gasteiger partial charge in [0.25, 0.3) is 0 Å². The van der Waals surface area contributed by atoms with Crippen LogP contribution in [0.5, 0.6) is 0 Å². The maximum atomic E-state index is 2.46. The van der Waals surface area contributed by atoms with Gasteiger partial charge in [0.05, 0.1) is 0 Å². The van der Waals surface area contributed by atoms with Crippen molar-refractivity contribution in [1.82, 2.24) is 0 Å². The fourth-order valence-corrected chi connectivity index (χ4v) is 3.00. The van der Waals surface area contributed by atoms with Crippen molar-refractivity contribution >= 4 is 0 Å². The SMILES string of the molecule is CC[C@@H](C)CCC[C@@H](C)CCC[C@H](C)CCCC(C)C. The number of hydrogen-bond donors (Lipinski definition) is 0. The number of hydrogen-bond acceptors (Lipinski definition) is 0. The first-order valence-corrected chi connectivity index (χ1v) is 9.45. The van der Waals surface area contributed by atoms with Crippen LogP contribution in [-0.2, 0) is 0 Å². The zero-order valence-corrected chi connectivity index (χ0v) is 15.4. The summed E-state index contributed by atoms with van der Waals surface area (Å²) >= 11 is 0. The first-order chi connectivity index (χ1) is 9.45. The third-order valence-corrected chi connectivity index (χ3v) is 4.96. The van der Waals surface area contributed by atoms with E-state index in [1.54, 1.807) is 0 Å². The Kier molecular flexibility index (Phi) is 12.7. The van der Waals surface area contributed by atoms with Crippen LogP contribution in [0.3, 0.4) is 0 Å². The molecule has 0 aliphatic rings. The summed E-state index contributed by atoms with van der Waals surface area (Å²) in [5.74, 6) is 3.71. The molecule has 0 aromatic heterocycles. The van der Waals surface area contributed by atoms with E-state index in [-0.39, 0.29) is 0 Å². The highest BCUT2D eigenvalue weighted by molar-refractivity contribution is 4.60. The molecule has 0 amide bonds. The monoisotopic (exact) mass is 282 g/mol. The van der Waals surface area contributed by atoms with Crippen LogP contribution in [0, 0.1) is 23.7 Å². The highest BCUT2D eigenvalue weighted by Crippen LogP contribution is 2.22. The molecule has 0 spiro atoms. The molecule has 0 saturated heterocycles. The third-order valence-electron chi connectivity index (χ3n) is 4.96. The Morgan fingerprint density at radius 2 is 0.850 bits per heavy atom. The van der Waals surface area contributed by atoms with Gasteiger partial charge >= 0.3 is 0 Å². The van der Waals surface area contributed by atoms with Gasteiger partial charge in [0, 0.05) is 0 Å². The summed E-state index contributed by atoms with van der Waals surface area (Å²) in [5, 5.41) is 0. The summed E-state index contributed by atoms with van der Waals surface area (Å²) in [7, 11) is 0. The Bertz CT molecular complexity index is 194. The molecule has 0 radical (unpaired) electrons. The minimum atomic E-state index is 0.882.